The van der Waals surface area contributed by atoms with Gasteiger partial charge in [-0.3, -0.25) is 4.72 Å². The van der Waals surface area contributed by atoms with Crippen molar-refractivity contribution in [1.82, 2.24) is 0 Å². The van der Waals surface area contributed by atoms with Crippen molar-refractivity contribution in [3.05, 3.63) is 85.5 Å². The van der Waals surface area contributed by atoms with Gasteiger partial charge in [0.15, 0.2) is 0 Å². The maximum absolute atomic E-state index is 13.0. The van der Waals surface area contributed by atoms with Gasteiger partial charge in [-0.25, -0.2) is 22.0 Å². The van der Waals surface area contributed by atoms with E-state index in [0.29, 0.717) is 11.4 Å². The lowest BCUT2D eigenvalue weighted by Gasteiger charge is -2.30. The van der Waals surface area contributed by atoms with E-state index in [2.05, 4.69) is 4.72 Å². The number of nitrogens with zero attached hydrogens (tertiary/aromatic N) is 1. The molecule has 2 heterocycles. The van der Waals surface area contributed by atoms with E-state index in [-0.39, 0.29) is 24.2 Å². The van der Waals surface area contributed by atoms with Crippen molar-refractivity contribution in [2.75, 3.05) is 9.62 Å². The smallest absolute Gasteiger partial charge is 0.271 e. The summed E-state index contributed by atoms with van der Waals surface area (Å²) >= 11 is 14.6. The van der Waals surface area contributed by atoms with Crippen molar-refractivity contribution in [2.24, 2.45) is 5.14 Å². The van der Waals surface area contributed by atoms with Crippen LogP contribution in [0.25, 0.3) is 0 Å². The van der Waals surface area contributed by atoms with Gasteiger partial charge in [0.2, 0.25) is 10.0 Å². The average molecular weight is 563 g/mol. The first-order chi connectivity index (χ1) is 15.5. The summed E-state index contributed by atoms with van der Waals surface area (Å²) < 4.78 is 53.2. The normalized spacial score (nSPS) is 17.0. The van der Waals surface area contributed by atoms with Gasteiger partial charge in [-0.05, 0) is 36.1 Å². The standard InChI is InChI=1S/C20H17Cl2N3O4S4/c1-12-20(32(23,26)27)31-19(13-6-3-2-4-7-13)25(12)17-11-15(22)14(21)10-16(17)24-33(28,29)18-8-5-9-30-18/h2-11,19,24H,1H3,(H2,23,26,27). The van der Waals surface area contributed by atoms with Crippen LogP contribution in [0, 0.1) is 0 Å². The molecule has 0 amide bonds. The van der Waals surface area contributed by atoms with Crippen LogP contribution in [-0.4, -0.2) is 16.8 Å². The molecule has 1 atom stereocenters. The average Bonchev–Trinajstić information content (AvgIpc) is 3.40. The molecule has 0 saturated carbocycles. The minimum Gasteiger partial charge on any atom is -0.325 e. The number of hydrogen-bond acceptors (Lipinski definition) is 7. The van der Waals surface area contributed by atoms with Gasteiger partial charge in [-0.1, -0.05) is 71.4 Å². The van der Waals surface area contributed by atoms with Crippen molar-refractivity contribution >= 4 is 77.7 Å². The summed E-state index contributed by atoms with van der Waals surface area (Å²) in [4.78, 5) is 1.69. The number of benzene rings is 2. The van der Waals surface area contributed by atoms with Crippen LogP contribution in [-0.2, 0) is 20.0 Å². The number of halogens is 2. The lowest BCUT2D eigenvalue weighted by molar-refractivity contribution is 0.602. The largest absolute Gasteiger partial charge is 0.325 e. The zero-order valence-corrected chi connectivity index (χ0v) is 21.7. The second kappa shape index (κ2) is 9.14. The Morgan fingerprint density at radius 2 is 1.67 bits per heavy atom. The molecule has 3 N–H and O–H groups in total. The first-order valence-corrected chi connectivity index (χ1v) is 14.8. The van der Waals surface area contributed by atoms with E-state index >= 15 is 0 Å². The van der Waals surface area contributed by atoms with Crippen LogP contribution in [0.1, 0.15) is 17.9 Å². The van der Waals surface area contributed by atoms with E-state index in [4.69, 9.17) is 28.3 Å². The zero-order chi connectivity index (χ0) is 24.0. The van der Waals surface area contributed by atoms with Crippen molar-refractivity contribution in [3.8, 4) is 0 Å². The number of allylic oxidation sites excluding steroid dienone is 1. The molecule has 7 nitrogen and oxygen atoms in total. The maximum Gasteiger partial charge on any atom is 0.271 e. The maximum atomic E-state index is 13.0. The number of primary sulfonamides is 1. The van der Waals surface area contributed by atoms with Crippen LogP contribution in [0.2, 0.25) is 10.0 Å². The molecule has 0 radical (unpaired) electrons. The Bertz CT molecular complexity index is 1440. The number of nitrogens with two attached hydrogens (primary N) is 1. The Hall–Kier alpha value is -1.73. The van der Waals surface area contributed by atoms with E-state index in [1.165, 1.54) is 18.2 Å². The molecular formula is C20H17Cl2N3O4S4. The minimum absolute atomic E-state index is 0.0190. The molecule has 0 bridgehead atoms. The molecule has 0 saturated heterocycles. The van der Waals surface area contributed by atoms with Crippen LogP contribution >= 0.6 is 46.3 Å². The third kappa shape index (κ3) is 4.90. The van der Waals surface area contributed by atoms with E-state index in [1.54, 1.807) is 23.3 Å². The molecule has 0 aliphatic carbocycles. The summed E-state index contributed by atoms with van der Waals surface area (Å²) in [7, 11) is -7.95. The fraction of sp³-hybridized carbons (Fsp3) is 0.100. The first kappa shape index (κ1) is 24.4. The van der Waals surface area contributed by atoms with E-state index < -0.39 is 25.4 Å². The second-order valence-corrected chi connectivity index (χ2v) is 13.5. The lowest BCUT2D eigenvalue weighted by Crippen LogP contribution is -2.24. The summed E-state index contributed by atoms with van der Waals surface area (Å²) in [6.45, 7) is 1.61. The molecule has 3 aromatic rings. The molecule has 13 heteroatoms. The number of hydrogen-bond donors (Lipinski definition) is 2. The molecule has 2 aromatic carbocycles. The molecular weight excluding hydrogens is 545 g/mol. The van der Waals surface area contributed by atoms with Gasteiger partial charge in [-0.2, -0.15) is 0 Å². The predicted molar refractivity (Wildman–Crippen MR) is 137 cm³/mol. The summed E-state index contributed by atoms with van der Waals surface area (Å²) in [5, 5.41) is 6.91. The monoisotopic (exact) mass is 561 g/mol. The number of anilines is 2. The van der Waals surface area contributed by atoms with Crippen LogP contribution in [0.5, 0.6) is 0 Å². The Morgan fingerprint density at radius 1 is 1.00 bits per heavy atom. The van der Waals surface area contributed by atoms with Crippen molar-refractivity contribution < 1.29 is 16.8 Å². The second-order valence-electron chi connectivity index (χ2n) is 6.99. The van der Waals surface area contributed by atoms with Gasteiger partial charge in [0.05, 0.1) is 21.4 Å². The third-order valence-electron chi connectivity index (χ3n) is 4.76. The molecule has 1 aliphatic rings. The van der Waals surface area contributed by atoms with Crippen LogP contribution in [0.3, 0.4) is 0 Å². The summed E-state index contributed by atoms with van der Waals surface area (Å²) in [6.07, 6.45) is 0. The van der Waals surface area contributed by atoms with Gasteiger partial charge < -0.3 is 4.90 Å². The van der Waals surface area contributed by atoms with Gasteiger partial charge in [-0.15, -0.1) is 11.3 Å². The molecule has 1 aliphatic heterocycles. The zero-order valence-electron chi connectivity index (χ0n) is 16.9. The minimum atomic E-state index is -4.03. The van der Waals surface area contributed by atoms with Crippen LogP contribution < -0.4 is 14.8 Å². The Balaban J connectivity index is 1.91. The molecule has 0 fully saturated rings. The highest BCUT2D eigenvalue weighted by Crippen LogP contribution is 2.53. The van der Waals surface area contributed by atoms with Gasteiger partial charge in [0, 0.05) is 5.70 Å². The summed E-state index contributed by atoms with van der Waals surface area (Å²) in [6, 6.07) is 15.2. The molecule has 33 heavy (non-hydrogen) atoms. The predicted octanol–water partition coefficient (Wildman–Crippen LogP) is 5.59. The fourth-order valence-corrected chi connectivity index (χ4v) is 8.20. The highest BCUT2D eigenvalue weighted by molar-refractivity contribution is 8.18. The van der Waals surface area contributed by atoms with E-state index in [0.717, 1.165) is 28.7 Å². The number of nitrogens with one attached hydrogen (secondary N) is 1. The fourth-order valence-electron chi connectivity index (χ4n) is 3.36. The van der Waals surface area contributed by atoms with Crippen molar-refractivity contribution in [3.63, 3.8) is 0 Å². The van der Waals surface area contributed by atoms with Gasteiger partial charge in [0.1, 0.15) is 13.8 Å². The van der Waals surface area contributed by atoms with E-state index in [1.807, 2.05) is 30.3 Å². The number of thiophene rings is 1. The lowest BCUT2D eigenvalue weighted by atomic mass is 10.1. The van der Waals surface area contributed by atoms with Crippen molar-refractivity contribution in [2.45, 2.75) is 16.5 Å². The van der Waals surface area contributed by atoms with Crippen molar-refractivity contribution in [1.29, 1.82) is 0 Å². The first-order valence-electron chi connectivity index (χ1n) is 9.29. The molecule has 1 unspecified atom stereocenters. The van der Waals surface area contributed by atoms with Crippen LogP contribution in [0.15, 0.2) is 74.1 Å². The number of thioether (sulfide) groups is 1. The topological polar surface area (TPSA) is 110 Å². The van der Waals surface area contributed by atoms with Gasteiger partial charge in [0.25, 0.3) is 10.0 Å². The highest BCUT2D eigenvalue weighted by atomic mass is 35.5. The Kier molecular flexibility index (Phi) is 6.76. The molecule has 0 spiro atoms. The SMILES string of the molecule is CC1=C(S(N)(=O)=O)SC(c2ccccc2)N1c1cc(Cl)c(Cl)cc1NS(=O)(=O)c1cccs1. The Morgan fingerprint density at radius 3 is 2.27 bits per heavy atom. The molecule has 4 rings (SSSR count). The summed E-state index contributed by atoms with van der Waals surface area (Å²) in [5.74, 6) is 0. The van der Waals surface area contributed by atoms with E-state index in [9.17, 15) is 16.8 Å². The van der Waals surface area contributed by atoms with Gasteiger partial charge >= 0.3 is 0 Å². The highest BCUT2D eigenvalue weighted by Gasteiger charge is 2.38. The number of sulfonamides is 2. The molecule has 1 aromatic heterocycles. The number of rotatable bonds is 6. The Labute approximate surface area is 210 Å². The summed E-state index contributed by atoms with van der Waals surface area (Å²) in [5.41, 5.74) is 1.61. The quantitative estimate of drug-likeness (QED) is 0.406. The molecule has 174 valence electrons. The third-order valence-corrected chi connectivity index (χ3v) is 11.3. The van der Waals surface area contributed by atoms with Crippen LogP contribution in [0.4, 0.5) is 11.4 Å².